The lowest BCUT2D eigenvalue weighted by Gasteiger charge is -2.32. The normalized spacial score (nSPS) is 15.7. The maximum absolute atomic E-state index is 14.3. The van der Waals surface area contributed by atoms with E-state index in [-0.39, 0.29) is 11.0 Å². The topological polar surface area (TPSA) is 39.1 Å². The number of ketones is 2. The Hall–Kier alpha value is -3.90. The Labute approximate surface area is 202 Å². The third-order valence-electron chi connectivity index (χ3n) is 7.31. The minimum Gasteiger partial charge on any atom is -0.300 e. The molecule has 35 heavy (non-hydrogen) atoms. The number of aromatic nitrogens is 1. The number of fused-ring (bicyclic) bond motifs is 6. The van der Waals surface area contributed by atoms with Crippen LogP contribution in [0.15, 0.2) is 66.2 Å². The summed E-state index contributed by atoms with van der Waals surface area (Å²) in [6.07, 6.45) is 1.48. The van der Waals surface area contributed by atoms with Crippen molar-refractivity contribution in [3.63, 3.8) is 0 Å². The standard InChI is InChI=1S/C29H17F2NO2S/c1-29(2)18-8-5-7-16-15-6-3-4-9-22(15)32(25(16)18)28-19(29)13-14(35-28)12-17-26(33)23-20(30)10-11-21(31)24(23)27(17)34/h3-13H,1-2H3. The number of thiophene rings is 1. The Balaban J connectivity index is 1.48. The van der Waals surface area contributed by atoms with E-state index >= 15 is 0 Å². The third kappa shape index (κ3) is 2.47. The van der Waals surface area contributed by atoms with Crippen LogP contribution in [0.5, 0.6) is 0 Å². The van der Waals surface area contributed by atoms with E-state index < -0.39 is 34.3 Å². The van der Waals surface area contributed by atoms with Crippen molar-refractivity contribution in [2.45, 2.75) is 19.3 Å². The highest BCUT2D eigenvalue weighted by atomic mass is 32.1. The molecule has 5 aromatic rings. The molecular weight excluding hydrogens is 464 g/mol. The molecule has 7 rings (SSSR count). The van der Waals surface area contributed by atoms with E-state index in [1.54, 1.807) is 0 Å². The molecule has 3 aromatic carbocycles. The Kier molecular flexibility index (Phi) is 3.87. The predicted molar refractivity (Wildman–Crippen MR) is 134 cm³/mol. The molecule has 1 aliphatic carbocycles. The summed E-state index contributed by atoms with van der Waals surface area (Å²) in [6, 6.07) is 18.3. The summed E-state index contributed by atoms with van der Waals surface area (Å²) in [5.41, 5.74) is 3.01. The van der Waals surface area contributed by atoms with Crippen LogP contribution in [0.2, 0.25) is 0 Å². The molecule has 0 saturated carbocycles. The minimum absolute atomic E-state index is 0.208. The molecule has 0 unspecified atom stereocenters. The van der Waals surface area contributed by atoms with Gasteiger partial charge in [-0.3, -0.25) is 9.59 Å². The summed E-state index contributed by atoms with van der Waals surface area (Å²) in [7, 11) is 0. The van der Waals surface area contributed by atoms with Crippen LogP contribution in [-0.2, 0) is 5.41 Å². The first-order valence-electron chi connectivity index (χ1n) is 11.3. The molecule has 1 aliphatic heterocycles. The van der Waals surface area contributed by atoms with Gasteiger partial charge in [-0.1, -0.05) is 50.2 Å². The van der Waals surface area contributed by atoms with E-state index in [1.807, 2.05) is 18.2 Å². The molecule has 6 heteroatoms. The number of Topliss-reactive ketones (excluding diaryl/α,β-unsaturated/α-hetero) is 2. The maximum Gasteiger partial charge on any atom is 0.200 e. The second kappa shape index (κ2) is 6.61. The number of allylic oxidation sites excluding steroid dienone is 1. The molecular formula is C29H17F2NO2S. The average Bonchev–Trinajstić information content (AvgIpc) is 3.49. The first-order chi connectivity index (χ1) is 16.8. The van der Waals surface area contributed by atoms with Crippen LogP contribution in [0.3, 0.4) is 0 Å². The van der Waals surface area contributed by atoms with Crippen LogP contribution in [0.4, 0.5) is 8.78 Å². The van der Waals surface area contributed by atoms with Crippen LogP contribution >= 0.6 is 11.3 Å². The number of rotatable bonds is 1. The first-order valence-corrected chi connectivity index (χ1v) is 12.1. The summed E-state index contributed by atoms with van der Waals surface area (Å²) in [5, 5.41) is 3.34. The maximum atomic E-state index is 14.3. The molecule has 0 spiro atoms. The number of benzene rings is 3. The van der Waals surface area contributed by atoms with Gasteiger partial charge in [0.1, 0.15) is 16.6 Å². The first kappa shape index (κ1) is 20.5. The summed E-state index contributed by atoms with van der Waals surface area (Å²) in [5.74, 6) is -3.31. The molecule has 2 aliphatic rings. The lowest BCUT2D eigenvalue weighted by molar-refractivity contribution is 0.0989. The zero-order chi connectivity index (χ0) is 24.2. The van der Waals surface area contributed by atoms with Gasteiger partial charge < -0.3 is 4.57 Å². The Morgan fingerprint density at radius 3 is 2.20 bits per heavy atom. The van der Waals surface area contributed by atoms with Crippen LogP contribution in [-0.4, -0.2) is 16.1 Å². The fourth-order valence-electron chi connectivity index (χ4n) is 5.61. The van der Waals surface area contributed by atoms with Crippen LogP contribution in [0, 0.1) is 11.6 Å². The van der Waals surface area contributed by atoms with Gasteiger partial charge in [0, 0.05) is 21.1 Å². The molecule has 3 nitrogen and oxygen atoms in total. The molecule has 0 atom stereocenters. The van der Waals surface area contributed by atoms with Gasteiger partial charge >= 0.3 is 0 Å². The Bertz CT molecular complexity index is 1790. The molecule has 3 heterocycles. The fraction of sp³-hybridized carbons (Fsp3) is 0.103. The number of carbonyl (C=O) groups is 2. The fourth-order valence-corrected chi connectivity index (χ4v) is 6.89. The zero-order valence-electron chi connectivity index (χ0n) is 18.8. The molecule has 0 bridgehead atoms. The molecule has 170 valence electrons. The zero-order valence-corrected chi connectivity index (χ0v) is 19.6. The monoisotopic (exact) mass is 481 g/mol. The third-order valence-corrected chi connectivity index (χ3v) is 8.38. The molecule has 0 saturated heterocycles. The van der Waals surface area contributed by atoms with Crippen molar-refractivity contribution in [1.82, 2.24) is 4.57 Å². The highest BCUT2D eigenvalue weighted by Crippen LogP contribution is 2.50. The van der Waals surface area contributed by atoms with Gasteiger partial charge in [-0.05, 0) is 41.5 Å². The van der Waals surface area contributed by atoms with E-state index in [0.29, 0.717) is 4.88 Å². The summed E-state index contributed by atoms with van der Waals surface area (Å²) >= 11 is 1.47. The van der Waals surface area contributed by atoms with Gasteiger partial charge in [-0.25, -0.2) is 8.78 Å². The molecule has 0 amide bonds. The van der Waals surface area contributed by atoms with Crippen molar-refractivity contribution in [3.8, 4) is 5.00 Å². The summed E-state index contributed by atoms with van der Waals surface area (Å²) in [6.45, 7) is 4.33. The van der Waals surface area contributed by atoms with Gasteiger partial charge in [-0.2, -0.15) is 0 Å². The SMILES string of the molecule is CC1(C)c2cc(C=C3C(=O)c4c(F)ccc(F)c4C3=O)sc2-n2c3ccccc3c3cccc1c32. The van der Waals surface area contributed by atoms with Gasteiger partial charge in [0.25, 0.3) is 0 Å². The van der Waals surface area contributed by atoms with E-state index in [4.69, 9.17) is 0 Å². The van der Waals surface area contributed by atoms with Gasteiger partial charge in [0.15, 0.2) is 0 Å². The number of hydrogen-bond acceptors (Lipinski definition) is 3. The number of hydrogen-bond donors (Lipinski definition) is 0. The second-order valence-electron chi connectivity index (χ2n) is 9.54. The predicted octanol–water partition coefficient (Wildman–Crippen LogP) is 7.23. The van der Waals surface area contributed by atoms with Crippen molar-refractivity contribution < 1.29 is 18.4 Å². The van der Waals surface area contributed by atoms with Crippen LogP contribution in [0.1, 0.15) is 50.6 Å². The van der Waals surface area contributed by atoms with Crippen molar-refractivity contribution in [2.75, 3.05) is 0 Å². The van der Waals surface area contributed by atoms with Gasteiger partial charge in [0.2, 0.25) is 11.6 Å². The van der Waals surface area contributed by atoms with Crippen molar-refractivity contribution >= 4 is 50.8 Å². The van der Waals surface area contributed by atoms with E-state index in [9.17, 15) is 18.4 Å². The Morgan fingerprint density at radius 2 is 1.49 bits per heavy atom. The smallest absolute Gasteiger partial charge is 0.200 e. The highest BCUT2D eigenvalue weighted by Gasteiger charge is 2.40. The largest absolute Gasteiger partial charge is 0.300 e. The number of carbonyl (C=O) groups excluding carboxylic acids is 2. The average molecular weight is 482 g/mol. The Morgan fingerprint density at radius 1 is 0.829 bits per heavy atom. The second-order valence-corrected chi connectivity index (χ2v) is 10.6. The summed E-state index contributed by atoms with van der Waals surface area (Å²) in [4.78, 5) is 26.5. The number of halogens is 2. The lowest BCUT2D eigenvalue weighted by atomic mass is 9.76. The van der Waals surface area contributed by atoms with Crippen LogP contribution in [0.25, 0.3) is 32.9 Å². The van der Waals surface area contributed by atoms with Crippen molar-refractivity contribution in [3.05, 3.63) is 105 Å². The molecule has 0 N–H and O–H groups in total. The lowest BCUT2D eigenvalue weighted by Crippen LogP contribution is -2.24. The highest BCUT2D eigenvalue weighted by molar-refractivity contribution is 7.15. The summed E-state index contributed by atoms with van der Waals surface area (Å²) < 4.78 is 30.9. The van der Waals surface area contributed by atoms with Gasteiger partial charge in [-0.15, -0.1) is 11.3 Å². The quantitative estimate of drug-likeness (QED) is 0.187. The minimum atomic E-state index is -0.883. The van der Waals surface area contributed by atoms with E-state index in [0.717, 1.165) is 39.1 Å². The van der Waals surface area contributed by atoms with Crippen molar-refractivity contribution in [1.29, 1.82) is 0 Å². The van der Waals surface area contributed by atoms with Crippen LogP contribution < -0.4 is 0 Å². The number of nitrogens with zero attached hydrogens (tertiary/aromatic N) is 1. The molecule has 2 aromatic heterocycles. The van der Waals surface area contributed by atoms with Gasteiger partial charge in [0.05, 0.1) is 27.7 Å². The number of para-hydroxylation sites is 2. The van der Waals surface area contributed by atoms with E-state index in [1.165, 1.54) is 28.4 Å². The molecule has 0 fully saturated rings. The molecule has 0 radical (unpaired) electrons. The van der Waals surface area contributed by atoms with E-state index in [2.05, 4.69) is 48.7 Å². The van der Waals surface area contributed by atoms with Crippen molar-refractivity contribution in [2.24, 2.45) is 0 Å².